The number of nitrogens with zero attached hydrogens (tertiary/aromatic N) is 3. The summed E-state index contributed by atoms with van der Waals surface area (Å²) in [6.07, 6.45) is 1.72. The average Bonchev–Trinajstić information content (AvgIpc) is 2.89. The normalized spacial score (nSPS) is 10.6. The number of rotatable bonds is 3. The Morgan fingerprint density at radius 1 is 1.29 bits per heavy atom. The molecule has 0 bridgehead atoms. The van der Waals surface area contributed by atoms with Gasteiger partial charge >= 0.3 is 0 Å². The van der Waals surface area contributed by atoms with Gasteiger partial charge in [0.15, 0.2) is 10.6 Å². The smallest absolute Gasteiger partial charge is 0.200 e. The van der Waals surface area contributed by atoms with E-state index in [4.69, 9.17) is 17.0 Å². The Kier molecular flexibility index (Phi) is 3.85. The molecule has 21 heavy (non-hydrogen) atoms. The third kappa shape index (κ3) is 2.62. The average molecular weight is 363 g/mol. The zero-order valence-electron chi connectivity index (χ0n) is 11.1. The van der Waals surface area contributed by atoms with Gasteiger partial charge in [0.25, 0.3) is 0 Å². The molecule has 0 spiro atoms. The van der Waals surface area contributed by atoms with E-state index in [2.05, 4.69) is 31.1 Å². The Morgan fingerprint density at radius 3 is 2.86 bits per heavy atom. The molecule has 2 aromatic heterocycles. The Morgan fingerprint density at radius 2 is 2.14 bits per heavy atom. The molecule has 7 heteroatoms. The summed E-state index contributed by atoms with van der Waals surface area (Å²) < 4.78 is 8.63. The molecule has 0 fully saturated rings. The van der Waals surface area contributed by atoms with Gasteiger partial charge in [-0.3, -0.25) is 14.6 Å². The second-order valence-corrected chi connectivity index (χ2v) is 5.52. The fraction of sp³-hybridized carbons (Fsp3) is 0.0714. The van der Waals surface area contributed by atoms with Crippen LogP contribution in [-0.4, -0.2) is 26.9 Å². The third-order valence-electron chi connectivity index (χ3n) is 2.95. The molecule has 3 aromatic rings. The number of hydrogen-bond acceptors (Lipinski definition) is 4. The Labute approximate surface area is 134 Å². The van der Waals surface area contributed by atoms with Crippen LogP contribution in [0, 0.1) is 4.77 Å². The maximum atomic E-state index is 5.42. The third-order valence-corrected chi connectivity index (χ3v) is 3.72. The Balaban J connectivity index is 2.27. The zero-order chi connectivity index (χ0) is 14.8. The predicted octanol–water partition coefficient (Wildman–Crippen LogP) is 3.76. The minimum atomic E-state index is 0.479. The van der Waals surface area contributed by atoms with Crippen molar-refractivity contribution in [2.24, 2.45) is 0 Å². The summed E-state index contributed by atoms with van der Waals surface area (Å²) in [6.45, 7) is 0. The fourth-order valence-electron chi connectivity index (χ4n) is 2.03. The van der Waals surface area contributed by atoms with E-state index in [1.165, 1.54) is 0 Å². The molecule has 0 aliphatic heterocycles. The van der Waals surface area contributed by atoms with Crippen molar-refractivity contribution < 1.29 is 4.74 Å². The summed E-state index contributed by atoms with van der Waals surface area (Å²) >= 11 is 8.82. The second-order valence-electron chi connectivity index (χ2n) is 4.22. The molecule has 0 saturated heterocycles. The van der Waals surface area contributed by atoms with Crippen molar-refractivity contribution in [3.8, 4) is 23.0 Å². The summed E-state index contributed by atoms with van der Waals surface area (Å²) in [5.41, 5.74) is 1.53. The summed E-state index contributed by atoms with van der Waals surface area (Å²) in [6, 6.07) is 11.3. The first-order chi connectivity index (χ1) is 10.2. The van der Waals surface area contributed by atoms with Crippen LogP contribution in [0.25, 0.3) is 17.2 Å². The molecule has 106 valence electrons. The van der Waals surface area contributed by atoms with Crippen LogP contribution < -0.4 is 4.74 Å². The van der Waals surface area contributed by atoms with Gasteiger partial charge in [-0.05, 0) is 42.5 Å². The summed E-state index contributed by atoms with van der Waals surface area (Å²) in [5, 5.41) is 7.09. The molecule has 2 heterocycles. The van der Waals surface area contributed by atoms with Gasteiger partial charge in [0.2, 0.25) is 0 Å². The number of nitrogens with one attached hydrogen (secondary N) is 1. The highest BCUT2D eigenvalue weighted by atomic mass is 79.9. The molecule has 0 aliphatic carbocycles. The van der Waals surface area contributed by atoms with E-state index in [1.54, 1.807) is 17.9 Å². The van der Waals surface area contributed by atoms with Crippen LogP contribution in [-0.2, 0) is 0 Å². The number of aromatic nitrogens is 4. The first kappa shape index (κ1) is 14.0. The zero-order valence-corrected chi connectivity index (χ0v) is 13.5. The van der Waals surface area contributed by atoms with E-state index in [9.17, 15) is 0 Å². The van der Waals surface area contributed by atoms with E-state index in [-0.39, 0.29) is 0 Å². The lowest BCUT2D eigenvalue weighted by Gasteiger charge is -2.11. The van der Waals surface area contributed by atoms with Crippen LogP contribution in [0.1, 0.15) is 0 Å². The van der Waals surface area contributed by atoms with Crippen LogP contribution in [0.3, 0.4) is 0 Å². The summed E-state index contributed by atoms with van der Waals surface area (Å²) in [7, 11) is 1.62. The lowest BCUT2D eigenvalue weighted by Crippen LogP contribution is -2.01. The minimum Gasteiger partial charge on any atom is -0.495 e. The molecule has 0 saturated carbocycles. The van der Waals surface area contributed by atoms with Gasteiger partial charge in [0.1, 0.15) is 11.4 Å². The molecule has 0 unspecified atom stereocenters. The summed E-state index contributed by atoms with van der Waals surface area (Å²) in [5.74, 6) is 1.34. The van der Waals surface area contributed by atoms with Crippen LogP contribution in [0.15, 0.2) is 47.1 Å². The molecule has 0 atom stereocenters. The van der Waals surface area contributed by atoms with Crippen LogP contribution in [0.4, 0.5) is 0 Å². The van der Waals surface area contributed by atoms with E-state index >= 15 is 0 Å². The van der Waals surface area contributed by atoms with Gasteiger partial charge in [-0.25, -0.2) is 0 Å². The van der Waals surface area contributed by atoms with Gasteiger partial charge in [-0.15, -0.1) is 0 Å². The lowest BCUT2D eigenvalue weighted by molar-refractivity contribution is 0.412. The van der Waals surface area contributed by atoms with Gasteiger partial charge in [0, 0.05) is 10.7 Å². The van der Waals surface area contributed by atoms with Crippen molar-refractivity contribution >= 4 is 28.1 Å². The van der Waals surface area contributed by atoms with Crippen molar-refractivity contribution in [3.05, 3.63) is 51.8 Å². The van der Waals surface area contributed by atoms with Crippen molar-refractivity contribution in [1.29, 1.82) is 0 Å². The SMILES string of the molecule is COc1ccc(Br)cc1-n1c(-c2ccccn2)n[nH]c1=S. The Hall–Kier alpha value is -1.99. The second kappa shape index (κ2) is 5.79. The maximum Gasteiger partial charge on any atom is 0.200 e. The number of methoxy groups -OCH3 is 1. The van der Waals surface area contributed by atoms with Gasteiger partial charge in [-0.2, -0.15) is 5.10 Å². The topological polar surface area (TPSA) is 55.7 Å². The van der Waals surface area contributed by atoms with Gasteiger partial charge < -0.3 is 4.74 Å². The molecule has 3 rings (SSSR count). The minimum absolute atomic E-state index is 0.479. The first-order valence-corrected chi connectivity index (χ1v) is 7.33. The predicted molar refractivity (Wildman–Crippen MR) is 86.2 cm³/mol. The highest BCUT2D eigenvalue weighted by molar-refractivity contribution is 9.10. The molecule has 1 N–H and O–H groups in total. The quantitative estimate of drug-likeness (QED) is 0.720. The number of benzene rings is 1. The molecular formula is C14H11BrN4OS. The van der Waals surface area contributed by atoms with E-state index < -0.39 is 0 Å². The number of pyridine rings is 1. The standard InChI is InChI=1S/C14H11BrN4OS/c1-20-12-6-5-9(15)8-11(12)19-13(17-18-14(19)21)10-4-2-3-7-16-10/h2-8H,1H3,(H,18,21). The van der Waals surface area contributed by atoms with E-state index in [0.717, 1.165) is 15.9 Å². The van der Waals surface area contributed by atoms with E-state index in [1.807, 2.05) is 36.4 Å². The number of halogens is 1. The van der Waals surface area contributed by atoms with Crippen molar-refractivity contribution in [2.75, 3.05) is 7.11 Å². The van der Waals surface area contributed by atoms with Crippen molar-refractivity contribution in [3.63, 3.8) is 0 Å². The van der Waals surface area contributed by atoms with E-state index in [0.29, 0.717) is 16.3 Å². The van der Waals surface area contributed by atoms with Gasteiger partial charge in [-0.1, -0.05) is 22.0 Å². The van der Waals surface area contributed by atoms with Crippen molar-refractivity contribution in [1.82, 2.24) is 19.7 Å². The Bertz CT molecular complexity index is 828. The maximum absolute atomic E-state index is 5.42. The van der Waals surface area contributed by atoms with Crippen molar-refractivity contribution in [2.45, 2.75) is 0 Å². The fourth-order valence-corrected chi connectivity index (χ4v) is 2.60. The molecule has 0 amide bonds. The molecule has 0 radical (unpaired) electrons. The highest BCUT2D eigenvalue weighted by Crippen LogP contribution is 2.29. The monoisotopic (exact) mass is 362 g/mol. The molecule has 5 nitrogen and oxygen atoms in total. The molecule has 0 aliphatic rings. The lowest BCUT2D eigenvalue weighted by atomic mass is 10.2. The number of ether oxygens (including phenoxy) is 1. The molecule has 1 aromatic carbocycles. The highest BCUT2D eigenvalue weighted by Gasteiger charge is 2.15. The number of H-pyrrole nitrogens is 1. The number of aromatic amines is 1. The van der Waals surface area contributed by atoms with Crippen LogP contribution in [0.2, 0.25) is 0 Å². The van der Waals surface area contributed by atoms with Crippen LogP contribution in [0.5, 0.6) is 5.75 Å². The summed E-state index contributed by atoms with van der Waals surface area (Å²) in [4.78, 5) is 4.32. The van der Waals surface area contributed by atoms with Crippen LogP contribution >= 0.6 is 28.1 Å². The van der Waals surface area contributed by atoms with Gasteiger partial charge in [0.05, 0.1) is 12.8 Å². The first-order valence-electron chi connectivity index (χ1n) is 6.13. The number of hydrogen-bond donors (Lipinski definition) is 1. The largest absolute Gasteiger partial charge is 0.495 e. The molecular weight excluding hydrogens is 352 g/mol.